The lowest BCUT2D eigenvalue weighted by Crippen LogP contribution is -2.12. The molecule has 2 aromatic rings. The number of carbonyl (C=O) groups is 1. The zero-order valence-electron chi connectivity index (χ0n) is 11.5. The fraction of sp³-hybridized carbons (Fsp3) is 0.118. The molecule has 0 spiro atoms. The summed E-state index contributed by atoms with van der Waals surface area (Å²) < 4.78 is 6.25. The van der Waals surface area contributed by atoms with E-state index in [1.165, 1.54) is 0 Å². The maximum Gasteiger partial charge on any atom is 0.255 e. The second kappa shape index (κ2) is 6.96. The van der Waals surface area contributed by atoms with Crippen molar-refractivity contribution in [3.05, 3.63) is 58.1 Å². The number of ether oxygens (including phenoxy) is 1. The van der Waals surface area contributed by atoms with Crippen molar-refractivity contribution in [2.24, 2.45) is 0 Å². The minimum atomic E-state index is -0.163. The third kappa shape index (κ3) is 4.11. The van der Waals surface area contributed by atoms with E-state index in [2.05, 4.69) is 27.2 Å². The number of anilines is 1. The highest BCUT2D eigenvalue weighted by atomic mass is 79.9. The molecule has 0 bridgehead atoms. The van der Waals surface area contributed by atoms with Crippen LogP contribution < -0.4 is 10.1 Å². The Labute approximate surface area is 132 Å². The van der Waals surface area contributed by atoms with Gasteiger partial charge in [-0.05, 0) is 55.0 Å². The Balaban J connectivity index is 2.08. The molecule has 0 fully saturated rings. The van der Waals surface area contributed by atoms with Gasteiger partial charge in [-0.25, -0.2) is 0 Å². The molecule has 0 unspecified atom stereocenters. The molecule has 0 atom stereocenters. The Morgan fingerprint density at radius 2 is 2.00 bits per heavy atom. The average Bonchev–Trinajstić information content (AvgIpc) is 2.48. The Bertz CT molecular complexity index is 687. The van der Waals surface area contributed by atoms with Gasteiger partial charge in [0.05, 0.1) is 0 Å². The molecule has 4 heteroatoms. The number of benzene rings is 2. The maximum atomic E-state index is 12.2. The summed E-state index contributed by atoms with van der Waals surface area (Å²) >= 11 is 3.40. The quantitative estimate of drug-likeness (QED) is 0.851. The molecule has 0 aliphatic rings. The number of terminal acetylenes is 1. The topological polar surface area (TPSA) is 38.3 Å². The lowest BCUT2D eigenvalue weighted by Gasteiger charge is -2.09. The molecular formula is C17H14BrNO2. The highest BCUT2D eigenvalue weighted by Crippen LogP contribution is 2.21. The van der Waals surface area contributed by atoms with E-state index in [1.807, 2.05) is 25.1 Å². The van der Waals surface area contributed by atoms with E-state index in [-0.39, 0.29) is 12.5 Å². The Morgan fingerprint density at radius 1 is 1.29 bits per heavy atom. The molecule has 2 rings (SSSR count). The van der Waals surface area contributed by atoms with Gasteiger partial charge < -0.3 is 10.1 Å². The molecule has 0 aromatic heterocycles. The Kier molecular flexibility index (Phi) is 5.02. The highest BCUT2D eigenvalue weighted by molar-refractivity contribution is 9.10. The molecule has 0 saturated carbocycles. The molecule has 0 aliphatic heterocycles. The molecule has 3 nitrogen and oxygen atoms in total. The fourth-order valence-electron chi connectivity index (χ4n) is 1.79. The van der Waals surface area contributed by atoms with Crippen molar-refractivity contribution in [1.82, 2.24) is 0 Å². The Hall–Kier alpha value is -2.25. The molecule has 21 heavy (non-hydrogen) atoms. The molecular weight excluding hydrogens is 330 g/mol. The maximum absolute atomic E-state index is 12.2. The number of rotatable bonds is 4. The van der Waals surface area contributed by atoms with E-state index >= 15 is 0 Å². The standard InChI is InChI=1S/C17H14BrNO2/c1-3-10-21-15-7-4-13(5-8-15)17(20)19-16-9-6-14(18)11-12(16)2/h1,4-9,11H,10H2,2H3,(H,19,20). The predicted octanol–water partition coefficient (Wildman–Crippen LogP) is 4.02. The van der Waals surface area contributed by atoms with Crippen molar-refractivity contribution in [2.75, 3.05) is 11.9 Å². The van der Waals surface area contributed by atoms with E-state index in [0.717, 1.165) is 15.7 Å². The summed E-state index contributed by atoms with van der Waals surface area (Å²) in [6.07, 6.45) is 5.12. The second-order valence-corrected chi connectivity index (χ2v) is 5.35. The van der Waals surface area contributed by atoms with Gasteiger partial charge in [-0.3, -0.25) is 4.79 Å². The number of hydrogen-bond acceptors (Lipinski definition) is 2. The average molecular weight is 344 g/mol. The van der Waals surface area contributed by atoms with Gasteiger partial charge >= 0.3 is 0 Å². The zero-order chi connectivity index (χ0) is 15.2. The minimum absolute atomic E-state index is 0.163. The summed E-state index contributed by atoms with van der Waals surface area (Å²) in [5, 5.41) is 2.88. The summed E-state index contributed by atoms with van der Waals surface area (Å²) in [6.45, 7) is 2.15. The highest BCUT2D eigenvalue weighted by Gasteiger charge is 2.08. The molecule has 2 aromatic carbocycles. The number of halogens is 1. The van der Waals surface area contributed by atoms with Crippen LogP contribution in [0.1, 0.15) is 15.9 Å². The van der Waals surface area contributed by atoms with Gasteiger partial charge in [-0.2, -0.15) is 0 Å². The second-order valence-electron chi connectivity index (χ2n) is 4.43. The third-order valence-corrected chi connectivity index (χ3v) is 3.37. The predicted molar refractivity (Wildman–Crippen MR) is 87.6 cm³/mol. The van der Waals surface area contributed by atoms with E-state index in [1.54, 1.807) is 24.3 Å². The van der Waals surface area contributed by atoms with Gasteiger partial charge in [-0.1, -0.05) is 21.9 Å². The smallest absolute Gasteiger partial charge is 0.255 e. The molecule has 0 saturated heterocycles. The minimum Gasteiger partial charge on any atom is -0.481 e. The van der Waals surface area contributed by atoms with Gasteiger partial charge in [0.25, 0.3) is 5.91 Å². The zero-order valence-corrected chi connectivity index (χ0v) is 13.1. The van der Waals surface area contributed by atoms with E-state index in [0.29, 0.717) is 11.3 Å². The van der Waals surface area contributed by atoms with E-state index in [4.69, 9.17) is 11.2 Å². The van der Waals surface area contributed by atoms with Crippen molar-refractivity contribution in [3.8, 4) is 18.1 Å². The van der Waals surface area contributed by atoms with Crippen LogP contribution in [-0.2, 0) is 0 Å². The number of hydrogen-bond donors (Lipinski definition) is 1. The first-order chi connectivity index (χ1) is 10.1. The summed E-state index contributed by atoms with van der Waals surface area (Å²) in [4.78, 5) is 12.2. The number of carbonyl (C=O) groups excluding carboxylic acids is 1. The summed E-state index contributed by atoms with van der Waals surface area (Å²) in [6, 6.07) is 12.6. The molecule has 1 amide bonds. The lowest BCUT2D eigenvalue weighted by molar-refractivity contribution is 0.102. The third-order valence-electron chi connectivity index (χ3n) is 2.88. The van der Waals surface area contributed by atoms with Crippen molar-refractivity contribution in [3.63, 3.8) is 0 Å². The van der Waals surface area contributed by atoms with Crippen molar-refractivity contribution < 1.29 is 9.53 Å². The van der Waals surface area contributed by atoms with Gasteiger partial charge in [0.1, 0.15) is 12.4 Å². The van der Waals surface area contributed by atoms with Crippen LogP contribution in [0.3, 0.4) is 0 Å². The SMILES string of the molecule is C#CCOc1ccc(C(=O)Nc2ccc(Br)cc2C)cc1. The van der Waals surface area contributed by atoms with Crippen molar-refractivity contribution in [2.45, 2.75) is 6.92 Å². The fourth-order valence-corrected chi connectivity index (χ4v) is 2.26. The summed E-state index contributed by atoms with van der Waals surface area (Å²) in [5.41, 5.74) is 2.34. The normalized spacial score (nSPS) is 9.76. The Morgan fingerprint density at radius 3 is 2.62 bits per heavy atom. The number of amides is 1. The van der Waals surface area contributed by atoms with Gasteiger partial charge in [0.15, 0.2) is 0 Å². The first kappa shape index (κ1) is 15.1. The van der Waals surface area contributed by atoms with E-state index in [9.17, 15) is 4.79 Å². The van der Waals surface area contributed by atoms with Gasteiger partial charge in [-0.15, -0.1) is 6.42 Å². The molecule has 106 valence electrons. The first-order valence-electron chi connectivity index (χ1n) is 6.34. The lowest BCUT2D eigenvalue weighted by atomic mass is 10.1. The summed E-state index contributed by atoms with van der Waals surface area (Å²) in [7, 11) is 0. The monoisotopic (exact) mass is 343 g/mol. The molecule has 1 N–H and O–H groups in total. The van der Waals surface area contributed by atoms with Gasteiger partial charge in [0.2, 0.25) is 0 Å². The molecule has 0 heterocycles. The van der Waals surface area contributed by atoms with Crippen LogP contribution in [0, 0.1) is 19.3 Å². The number of nitrogens with one attached hydrogen (secondary N) is 1. The van der Waals surface area contributed by atoms with Crippen LogP contribution in [0.25, 0.3) is 0 Å². The van der Waals surface area contributed by atoms with Crippen LogP contribution in [0.2, 0.25) is 0 Å². The molecule has 0 aliphatic carbocycles. The first-order valence-corrected chi connectivity index (χ1v) is 7.13. The van der Waals surface area contributed by atoms with Crippen LogP contribution >= 0.6 is 15.9 Å². The van der Waals surface area contributed by atoms with Crippen LogP contribution in [0.5, 0.6) is 5.75 Å². The molecule has 0 radical (unpaired) electrons. The van der Waals surface area contributed by atoms with Crippen LogP contribution in [-0.4, -0.2) is 12.5 Å². The number of aryl methyl sites for hydroxylation is 1. The van der Waals surface area contributed by atoms with Gasteiger partial charge in [0, 0.05) is 15.7 Å². The van der Waals surface area contributed by atoms with Crippen LogP contribution in [0.15, 0.2) is 46.9 Å². The van der Waals surface area contributed by atoms with Crippen LogP contribution in [0.4, 0.5) is 5.69 Å². The van der Waals surface area contributed by atoms with E-state index < -0.39 is 0 Å². The van der Waals surface area contributed by atoms with Crippen molar-refractivity contribution >= 4 is 27.5 Å². The summed E-state index contributed by atoms with van der Waals surface area (Å²) in [5.74, 6) is 2.87. The van der Waals surface area contributed by atoms with Crippen molar-refractivity contribution in [1.29, 1.82) is 0 Å². The largest absolute Gasteiger partial charge is 0.481 e.